The summed E-state index contributed by atoms with van der Waals surface area (Å²) in [5.74, 6) is -0.548. The van der Waals surface area contributed by atoms with E-state index in [4.69, 9.17) is 0 Å². The molecular weight excluding hydrogens is 257 g/mol. The zero-order valence-corrected chi connectivity index (χ0v) is 10.7. The molecule has 1 aromatic rings. The minimum absolute atomic E-state index is 0.0970. The molecule has 1 N–H and O–H groups in total. The lowest BCUT2D eigenvalue weighted by Crippen LogP contribution is -2.17. The SMILES string of the molecule is C=CC(=O)Nc1ccc(CN(C)C)c(C(F)(F)F)c1. The maximum Gasteiger partial charge on any atom is 0.416 e. The topological polar surface area (TPSA) is 32.3 Å². The first kappa shape index (κ1) is 15.2. The first-order valence-electron chi connectivity index (χ1n) is 5.52. The fourth-order valence-electron chi connectivity index (χ4n) is 1.59. The van der Waals surface area contributed by atoms with Crippen LogP contribution >= 0.6 is 0 Å². The van der Waals surface area contributed by atoms with E-state index in [9.17, 15) is 18.0 Å². The summed E-state index contributed by atoms with van der Waals surface area (Å²) in [6.45, 7) is 3.42. The Kier molecular flexibility index (Phi) is 4.72. The van der Waals surface area contributed by atoms with Gasteiger partial charge in [0.15, 0.2) is 0 Å². The van der Waals surface area contributed by atoms with Crippen molar-refractivity contribution in [1.82, 2.24) is 4.90 Å². The summed E-state index contributed by atoms with van der Waals surface area (Å²) in [5.41, 5.74) is -0.489. The number of carbonyl (C=O) groups excluding carboxylic acids is 1. The second-order valence-corrected chi connectivity index (χ2v) is 4.30. The van der Waals surface area contributed by atoms with Crippen molar-refractivity contribution in [3.63, 3.8) is 0 Å². The Balaban J connectivity index is 3.15. The first-order valence-corrected chi connectivity index (χ1v) is 5.52. The summed E-state index contributed by atoms with van der Waals surface area (Å²) in [6.07, 6.45) is -3.46. The lowest BCUT2D eigenvalue weighted by Gasteiger charge is -2.17. The fourth-order valence-corrected chi connectivity index (χ4v) is 1.59. The maximum absolute atomic E-state index is 12.9. The molecule has 0 saturated carbocycles. The van der Waals surface area contributed by atoms with E-state index in [0.29, 0.717) is 0 Å². The van der Waals surface area contributed by atoms with Gasteiger partial charge in [0.2, 0.25) is 5.91 Å². The van der Waals surface area contributed by atoms with Gasteiger partial charge in [-0.1, -0.05) is 12.6 Å². The molecule has 0 aliphatic heterocycles. The van der Waals surface area contributed by atoms with Gasteiger partial charge in [0.25, 0.3) is 0 Å². The Morgan fingerprint density at radius 3 is 2.53 bits per heavy atom. The minimum Gasteiger partial charge on any atom is -0.323 e. The summed E-state index contributed by atoms with van der Waals surface area (Å²) in [6, 6.07) is 3.73. The lowest BCUT2D eigenvalue weighted by molar-refractivity contribution is -0.138. The fraction of sp³-hybridized carbons (Fsp3) is 0.308. The van der Waals surface area contributed by atoms with Crippen molar-refractivity contribution in [3.05, 3.63) is 42.0 Å². The van der Waals surface area contributed by atoms with Crippen LogP contribution in [0.2, 0.25) is 0 Å². The average Bonchev–Trinajstić information content (AvgIpc) is 2.28. The molecule has 0 heterocycles. The second kappa shape index (κ2) is 5.88. The number of hydrogen-bond donors (Lipinski definition) is 1. The largest absolute Gasteiger partial charge is 0.416 e. The van der Waals surface area contributed by atoms with Gasteiger partial charge in [0.05, 0.1) is 5.56 Å². The highest BCUT2D eigenvalue weighted by molar-refractivity contribution is 5.98. The summed E-state index contributed by atoms with van der Waals surface area (Å²) in [7, 11) is 3.38. The van der Waals surface area contributed by atoms with Crippen molar-refractivity contribution in [1.29, 1.82) is 0 Å². The van der Waals surface area contributed by atoms with Crippen molar-refractivity contribution in [3.8, 4) is 0 Å². The molecule has 0 saturated heterocycles. The smallest absolute Gasteiger partial charge is 0.323 e. The van der Waals surface area contributed by atoms with Crippen LogP contribution in [0.4, 0.5) is 18.9 Å². The van der Waals surface area contributed by atoms with Crippen LogP contribution in [0.1, 0.15) is 11.1 Å². The van der Waals surface area contributed by atoms with Gasteiger partial charge in [0.1, 0.15) is 0 Å². The third kappa shape index (κ3) is 4.40. The van der Waals surface area contributed by atoms with E-state index < -0.39 is 17.6 Å². The molecule has 0 aliphatic carbocycles. The number of anilines is 1. The molecule has 3 nitrogen and oxygen atoms in total. The predicted octanol–water partition coefficient (Wildman–Crippen LogP) is 2.89. The summed E-state index contributed by atoms with van der Waals surface area (Å²) < 4.78 is 38.8. The van der Waals surface area contributed by atoms with Gasteiger partial charge in [-0.2, -0.15) is 13.2 Å². The molecule has 0 unspecified atom stereocenters. The molecule has 0 aliphatic rings. The minimum atomic E-state index is -4.46. The highest BCUT2D eigenvalue weighted by Gasteiger charge is 2.33. The molecule has 19 heavy (non-hydrogen) atoms. The van der Waals surface area contributed by atoms with E-state index in [1.54, 1.807) is 19.0 Å². The van der Waals surface area contributed by atoms with Crippen molar-refractivity contribution >= 4 is 11.6 Å². The van der Waals surface area contributed by atoms with Gasteiger partial charge in [-0.15, -0.1) is 0 Å². The van der Waals surface area contributed by atoms with Gasteiger partial charge < -0.3 is 10.2 Å². The molecule has 0 atom stereocenters. The number of benzene rings is 1. The van der Waals surface area contributed by atoms with Crippen LogP contribution in [-0.2, 0) is 17.5 Å². The van der Waals surface area contributed by atoms with Crippen LogP contribution in [0.25, 0.3) is 0 Å². The Bertz CT molecular complexity index is 481. The standard InChI is InChI=1S/C13H15F3N2O/c1-4-12(19)17-10-6-5-9(8-18(2)3)11(7-10)13(14,15)16/h4-7H,1,8H2,2-3H3,(H,17,19). The van der Waals surface area contributed by atoms with E-state index in [0.717, 1.165) is 12.1 Å². The first-order chi connectivity index (χ1) is 8.74. The molecule has 6 heteroatoms. The van der Waals surface area contributed by atoms with Gasteiger partial charge in [0, 0.05) is 12.2 Å². The zero-order valence-electron chi connectivity index (χ0n) is 10.7. The highest BCUT2D eigenvalue weighted by atomic mass is 19.4. The quantitative estimate of drug-likeness (QED) is 0.855. The van der Waals surface area contributed by atoms with Crippen LogP contribution in [0, 0.1) is 0 Å². The van der Waals surface area contributed by atoms with Gasteiger partial charge in [-0.25, -0.2) is 0 Å². The van der Waals surface area contributed by atoms with Gasteiger partial charge in [-0.3, -0.25) is 4.79 Å². The number of hydrogen-bond acceptors (Lipinski definition) is 2. The number of carbonyl (C=O) groups is 1. The van der Waals surface area contributed by atoms with Crippen LogP contribution in [-0.4, -0.2) is 24.9 Å². The van der Waals surface area contributed by atoms with Crippen molar-refractivity contribution < 1.29 is 18.0 Å². The molecule has 1 rings (SSSR count). The molecule has 0 aromatic heterocycles. The number of rotatable bonds is 4. The maximum atomic E-state index is 12.9. The van der Waals surface area contributed by atoms with E-state index >= 15 is 0 Å². The van der Waals surface area contributed by atoms with E-state index in [-0.39, 0.29) is 17.8 Å². The third-order valence-corrected chi connectivity index (χ3v) is 2.35. The highest BCUT2D eigenvalue weighted by Crippen LogP contribution is 2.34. The molecule has 0 radical (unpaired) electrons. The Hall–Kier alpha value is -1.82. The average molecular weight is 272 g/mol. The number of alkyl halides is 3. The number of nitrogens with zero attached hydrogens (tertiary/aromatic N) is 1. The number of halogens is 3. The number of amides is 1. The molecule has 1 amide bonds. The third-order valence-electron chi connectivity index (χ3n) is 2.35. The molecule has 104 valence electrons. The lowest BCUT2D eigenvalue weighted by atomic mass is 10.1. The Morgan fingerprint density at radius 1 is 1.42 bits per heavy atom. The number of nitrogens with one attached hydrogen (secondary N) is 1. The van der Waals surface area contributed by atoms with Crippen LogP contribution in [0.15, 0.2) is 30.9 Å². The molecule has 0 fully saturated rings. The van der Waals surface area contributed by atoms with Crippen molar-refractivity contribution in [2.75, 3.05) is 19.4 Å². The summed E-state index contributed by atoms with van der Waals surface area (Å²) in [4.78, 5) is 12.7. The Morgan fingerprint density at radius 2 is 2.05 bits per heavy atom. The monoisotopic (exact) mass is 272 g/mol. The van der Waals surface area contributed by atoms with Crippen molar-refractivity contribution in [2.24, 2.45) is 0 Å². The van der Waals surface area contributed by atoms with Crippen LogP contribution in [0.5, 0.6) is 0 Å². The van der Waals surface area contributed by atoms with Crippen LogP contribution < -0.4 is 5.32 Å². The van der Waals surface area contributed by atoms with Gasteiger partial charge in [-0.05, 0) is 37.9 Å². The van der Waals surface area contributed by atoms with Gasteiger partial charge >= 0.3 is 6.18 Å². The second-order valence-electron chi connectivity index (χ2n) is 4.30. The van der Waals surface area contributed by atoms with Crippen molar-refractivity contribution in [2.45, 2.75) is 12.7 Å². The van der Waals surface area contributed by atoms with E-state index in [1.165, 1.54) is 12.1 Å². The molecule has 0 spiro atoms. The Labute approximate surface area is 109 Å². The van der Waals surface area contributed by atoms with E-state index in [2.05, 4.69) is 11.9 Å². The summed E-state index contributed by atoms with van der Waals surface area (Å²) >= 11 is 0. The molecule has 0 bridgehead atoms. The summed E-state index contributed by atoms with van der Waals surface area (Å²) in [5, 5.41) is 2.31. The molecule has 1 aromatic carbocycles. The molecular formula is C13H15F3N2O. The normalized spacial score (nSPS) is 11.5. The van der Waals surface area contributed by atoms with E-state index in [1.807, 2.05) is 0 Å². The predicted molar refractivity (Wildman–Crippen MR) is 67.7 cm³/mol. The van der Waals surface area contributed by atoms with Crippen LogP contribution in [0.3, 0.4) is 0 Å². The zero-order chi connectivity index (χ0) is 14.6.